The predicted octanol–water partition coefficient (Wildman–Crippen LogP) is 2.72. The van der Waals surface area contributed by atoms with Crippen LogP contribution in [-0.2, 0) is 6.42 Å². The van der Waals surface area contributed by atoms with Crippen molar-refractivity contribution in [1.29, 1.82) is 0 Å². The van der Waals surface area contributed by atoms with Crippen LogP contribution in [0.4, 0.5) is 0 Å². The van der Waals surface area contributed by atoms with E-state index in [9.17, 15) is 9.90 Å². The topological polar surface area (TPSA) is 92.0 Å². The number of aliphatic hydroxyl groups is 1. The van der Waals surface area contributed by atoms with Crippen molar-refractivity contribution in [2.45, 2.75) is 12.8 Å². The summed E-state index contributed by atoms with van der Waals surface area (Å²) in [5.74, 6) is 0.679. The van der Waals surface area contributed by atoms with Crippen molar-refractivity contribution in [1.82, 2.24) is 10.2 Å². The molecule has 0 aliphatic rings. The molecule has 0 bridgehead atoms. The molecule has 1 aromatic heterocycles. The number of carbonyl (C=O) groups excluding carboxylic acids is 1. The fraction of sp³-hybridized carbons (Fsp3) is 0.150. The van der Waals surface area contributed by atoms with Gasteiger partial charge in [-0.3, -0.25) is 9.89 Å². The molecule has 5 nitrogen and oxygen atoms in total. The fourth-order valence-electron chi connectivity index (χ4n) is 2.86. The van der Waals surface area contributed by atoms with Gasteiger partial charge in [0, 0.05) is 29.8 Å². The zero-order chi connectivity index (χ0) is 17.6. The summed E-state index contributed by atoms with van der Waals surface area (Å²) >= 11 is 0. The molecule has 3 aromatic rings. The quantitative estimate of drug-likeness (QED) is 0.620. The third-order valence-electron chi connectivity index (χ3n) is 4.17. The average molecular weight is 334 g/mol. The van der Waals surface area contributed by atoms with Crippen LogP contribution in [0.2, 0.25) is 0 Å². The first-order chi connectivity index (χ1) is 12.2. The summed E-state index contributed by atoms with van der Waals surface area (Å²) in [4.78, 5) is 11.4. The van der Waals surface area contributed by atoms with Crippen molar-refractivity contribution in [3.63, 3.8) is 0 Å². The second kappa shape index (κ2) is 7.77. The van der Waals surface area contributed by atoms with E-state index in [2.05, 4.69) is 10.2 Å². The number of amides is 1. The van der Waals surface area contributed by atoms with Gasteiger partial charge >= 0.3 is 0 Å². The molecule has 0 unspecified atom stereocenters. The van der Waals surface area contributed by atoms with E-state index >= 15 is 0 Å². The molecule has 4 N–H and O–H groups in total. The van der Waals surface area contributed by atoms with Crippen LogP contribution in [0.5, 0.6) is 0 Å². The Balaban J connectivity index is 1.81. The first-order valence-electron chi connectivity index (χ1n) is 8.11. The molecule has 0 fully saturated rings. The molecule has 0 aliphatic heterocycles. The van der Waals surface area contributed by atoms with Gasteiger partial charge in [-0.1, -0.05) is 36.4 Å². The van der Waals surface area contributed by atoms with Crippen LogP contribution in [0, 0.1) is 5.92 Å². The summed E-state index contributed by atoms with van der Waals surface area (Å²) in [5, 5.41) is 16.2. The predicted molar refractivity (Wildman–Crippen MR) is 96.7 cm³/mol. The standard InChI is InChI=1S/C20H20N3O2/c21-20(25)18-3-1-2-14(11-18)10-17(8-9-24)15-4-6-16(7-5-15)19-12-22-23-13-19/h1-7,11-13,24H,8-10H2,(H2,21,25)(H,22,23). The Morgan fingerprint density at radius 1 is 1.08 bits per heavy atom. The maximum Gasteiger partial charge on any atom is 0.248 e. The van der Waals surface area contributed by atoms with Crippen LogP contribution in [0.3, 0.4) is 0 Å². The number of aromatic nitrogens is 2. The van der Waals surface area contributed by atoms with Crippen LogP contribution in [0.1, 0.15) is 27.9 Å². The van der Waals surface area contributed by atoms with E-state index in [-0.39, 0.29) is 6.61 Å². The van der Waals surface area contributed by atoms with Gasteiger partial charge in [0.2, 0.25) is 5.91 Å². The van der Waals surface area contributed by atoms with Gasteiger partial charge < -0.3 is 10.8 Å². The van der Waals surface area contributed by atoms with Crippen molar-refractivity contribution < 1.29 is 9.90 Å². The van der Waals surface area contributed by atoms with E-state index in [0.717, 1.165) is 28.2 Å². The van der Waals surface area contributed by atoms with Crippen molar-refractivity contribution >= 4 is 5.91 Å². The Morgan fingerprint density at radius 2 is 1.88 bits per heavy atom. The lowest BCUT2D eigenvalue weighted by Crippen LogP contribution is -2.12. The highest BCUT2D eigenvalue weighted by Crippen LogP contribution is 2.26. The minimum atomic E-state index is -0.435. The van der Waals surface area contributed by atoms with E-state index < -0.39 is 5.91 Å². The van der Waals surface area contributed by atoms with E-state index in [4.69, 9.17) is 5.73 Å². The summed E-state index contributed by atoms with van der Waals surface area (Å²) in [6.07, 6.45) is 4.87. The van der Waals surface area contributed by atoms with Crippen molar-refractivity contribution in [3.8, 4) is 11.1 Å². The van der Waals surface area contributed by atoms with Gasteiger partial charge in [-0.25, -0.2) is 0 Å². The van der Waals surface area contributed by atoms with Gasteiger partial charge in [-0.05, 0) is 41.7 Å². The fourth-order valence-corrected chi connectivity index (χ4v) is 2.86. The summed E-state index contributed by atoms with van der Waals surface area (Å²) in [6.45, 7) is 0.0777. The van der Waals surface area contributed by atoms with Gasteiger partial charge in [0.15, 0.2) is 0 Å². The third kappa shape index (κ3) is 4.14. The lowest BCUT2D eigenvalue weighted by atomic mass is 9.88. The maximum absolute atomic E-state index is 11.4. The molecule has 2 aromatic carbocycles. The average Bonchev–Trinajstić information content (AvgIpc) is 3.16. The SMILES string of the molecule is NC(=O)c1cccc(C[C](CCO)c2ccc(-c3cn[nH]c3)cc2)c1. The number of primary amides is 1. The number of hydrogen-bond donors (Lipinski definition) is 3. The van der Waals surface area contributed by atoms with Gasteiger partial charge in [0.25, 0.3) is 0 Å². The number of nitrogens with one attached hydrogen (secondary N) is 1. The van der Waals surface area contributed by atoms with E-state index in [1.165, 1.54) is 0 Å². The zero-order valence-corrected chi connectivity index (χ0v) is 13.8. The van der Waals surface area contributed by atoms with Gasteiger partial charge in [0.05, 0.1) is 6.20 Å². The Bertz CT molecular complexity index is 826. The molecule has 1 amide bonds. The first kappa shape index (κ1) is 16.9. The molecule has 1 heterocycles. The number of carbonyl (C=O) groups is 1. The Morgan fingerprint density at radius 3 is 2.52 bits per heavy atom. The second-order valence-electron chi connectivity index (χ2n) is 5.88. The number of hydrogen-bond acceptors (Lipinski definition) is 3. The number of nitrogens with zero attached hydrogens (tertiary/aromatic N) is 1. The molecule has 0 atom stereocenters. The molecule has 0 saturated heterocycles. The molecule has 0 saturated carbocycles. The third-order valence-corrected chi connectivity index (χ3v) is 4.17. The van der Waals surface area contributed by atoms with Crippen LogP contribution in [-0.4, -0.2) is 27.8 Å². The van der Waals surface area contributed by atoms with Crippen LogP contribution < -0.4 is 5.73 Å². The molecule has 5 heteroatoms. The Hall–Kier alpha value is -2.92. The molecule has 25 heavy (non-hydrogen) atoms. The number of rotatable bonds is 7. The monoisotopic (exact) mass is 334 g/mol. The van der Waals surface area contributed by atoms with E-state index in [1.807, 2.05) is 42.6 Å². The zero-order valence-electron chi connectivity index (χ0n) is 13.8. The number of aromatic amines is 1. The minimum Gasteiger partial charge on any atom is -0.396 e. The number of nitrogens with two attached hydrogens (primary N) is 1. The highest BCUT2D eigenvalue weighted by atomic mass is 16.3. The van der Waals surface area contributed by atoms with Gasteiger partial charge in [-0.15, -0.1) is 0 Å². The number of H-pyrrole nitrogens is 1. The van der Waals surface area contributed by atoms with Gasteiger partial charge in [0.1, 0.15) is 0 Å². The summed E-state index contributed by atoms with van der Waals surface area (Å²) in [6, 6.07) is 15.5. The molecule has 3 rings (SSSR count). The van der Waals surface area contributed by atoms with Crippen LogP contribution in [0.25, 0.3) is 11.1 Å². The largest absolute Gasteiger partial charge is 0.396 e. The van der Waals surface area contributed by atoms with E-state index in [0.29, 0.717) is 18.4 Å². The van der Waals surface area contributed by atoms with Crippen molar-refractivity contribution in [3.05, 3.63) is 83.5 Å². The summed E-state index contributed by atoms with van der Waals surface area (Å²) in [7, 11) is 0. The first-order valence-corrected chi connectivity index (χ1v) is 8.11. The van der Waals surface area contributed by atoms with Crippen LogP contribution >= 0.6 is 0 Å². The Labute approximate surface area is 146 Å². The highest BCUT2D eigenvalue weighted by Gasteiger charge is 2.14. The normalized spacial score (nSPS) is 11.0. The second-order valence-corrected chi connectivity index (χ2v) is 5.88. The van der Waals surface area contributed by atoms with Crippen molar-refractivity contribution in [2.24, 2.45) is 5.73 Å². The van der Waals surface area contributed by atoms with E-state index in [1.54, 1.807) is 18.3 Å². The smallest absolute Gasteiger partial charge is 0.248 e. The molecule has 0 aliphatic carbocycles. The molecular formula is C20H20N3O2. The summed E-state index contributed by atoms with van der Waals surface area (Å²) < 4.78 is 0. The summed E-state index contributed by atoms with van der Waals surface area (Å²) in [5.41, 5.74) is 10.0. The maximum atomic E-state index is 11.4. The minimum absolute atomic E-state index is 0.0777. The molecular weight excluding hydrogens is 314 g/mol. The van der Waals surface area contributed by atoms with Crippen molar-refractivity contribution in [2.75, 3.05) is 6.61 Å². The lowest BCUT2D eigenvalue weighted by molar-refractivity contribution is 0.1000. The highest BCUT2D eigenvalue weighted by molar-refractivity contribution is 5.92. The van der Waals surface area contributed by atoms with Gasteiger partial charge in [-0.2, -0.15) is 5.10 Å². The molecule has 0 spiro atoms. The number of benzene rings is 2. The lowest BCUT2D eigenvalue weighted by Gasteiger charge is -2.16. The molecule has 1 radical (unpaired) electrons. The molecule has 127 valence electrons. The number of aliphatic hydroxyl groups excluding tert-OH is 1. The Kier molecular flexibility index (Phi) is 5.26. The van der Waals surface area contributed by atoms with Crippen LogP contribution in [0.15, 0.2) is 60.9 Å².